The number of hydrogen-bond donors (Lipinski definition) is 3. The maximum absolute atomic E-state index is 12.4. The second kappa shape index (κ2) is 7.00. The number of halogens is 2. The van der Waals surface area contributed by atoms with Gasteiger partial charge in [-0.15, -0.1) is 12.6 Å². The van der Waals surface area contributed by atoms with Crippen molar-refractivity contribution in [3.63, 3.8) is 0 Å². The van der Waals surface area contributed by atoms with E-state index in [2.05, 4.69) is 22.7 Å². The molecule has 0 fully saturated rings. The topological polar surface area (TPSA) is 75.3 Å². The molecule has 122 valence electrons. The van der Waals surface area contributed by atoms with Gasteiger partial charge in [-0.3, -0.25) is 9.52 Å². The van der Waals surface area contributed by atoms with Crippen LogP contribution in [0.1, 0.15) is 6.92 Å². The molecule has 5 nitrogen and oxygen atoms in total. The number of sulfonamides is 1. The lowest BCUT2D eigenvalue weighted by Crippen LogP contribution is -2.14. The van der Waals surface area contributed by atoms with E-state index in [1.165, 1.54) is 31.2 Å². The molecule has 23 heavy (non-hydrogen) atoms. The smallest absolute Gasteiger partial charge is 0.261 e. The highest BCUT2D eigenvalue weighted by molar-refractivity contribution is 7.92. The first-order valence-electron chi connectivity index (χ1n) is 6.28. The lowest BCUT2D eigenvalue weighted by atomic mass is 10.3. The number of benzene rings is 2. The van der Waals surface area contributed by atoms with Gasteiger partial charge < -0.3 is 5.32 Å². The summed E-state index contributed by atoms with van der Waals surface area (Å²) in [4.78, 5) is 11.4. The van der Waals surface area contributed by atoms with Crippen LogP contribution in [0.3, 0.4) is 0 Å². The molecule has 0 unspecified atom stereocenters. The fourth-order valence-electron chi connectivity index (χ4n) is 1.76. The summed E-state index contributed by atoms with van der Waals surface area (Å²) in [5.74, 6) is -0.278. The zero-order valence-electron chi connectivity index (χ0n) is 11.8. The molecule has 0 heterocycles. The summed E-state index contributed by atoms with van der Waals surface area (Å²) in [6.45, 7) is 1.35. The van der Waals surface area contributed by atoms with Crippen LogP contribution in [0.15, 0.2) is 46.2 Å². The summed E-state index contributed by atoms with van der Waals surface area (Å²) in [6.07, 6.45) is 0. The summed E-state index contributed by atoms with van der Waals surface area (Å²) < 4.78 is 27.2. The van der Waals surface area contributed by atoms with E-state index in [9.17, 15) is 13.2 Å². The van der Waals surface area contributed by atoms with Gasteiger partial charge >= 0.3 is 0 Å². The first-order chi connectivity index (χ1) is 10.7. The van der Waals surface area contributed by atoms with Crippen LogP contribution in [0.4, 0.5) is 11.4 Å². The molecule has 2 rings (SSSR count). The fraction of sp³-hybridized carbons (Fsp3) is 0.0714. The van der Waals surface area contributed by atoms with Crippen LogP contribution < -0.4 is 10.0 Å². The van der Waals surface area contributed by atoms with E-state index in [4.69, 9.17) is 23.2 Å². The van der Waals surface area contributed by atoms with Gasteiger partial charge in [0.05, 0.1) is 26.3 Å². The third kappa shape index (κ3) is 4.32. The number of carbonyl (C=O) groups is 1. The second-order valence-electron chi connectivity index (χ2n) is 4.57. The van der Waals surface area contributed by atoms with Crippen molar-refractivity contribution in [2.75, 3.05) is 10.0 Å². The molecule has 0 aromatic heterocycles. The zero-order chi connectivity index (χ0) is 17.2. The van der Waals surface area contributed by atoms with Gasteiger partial charge in [0, 0.05) is 11.8 Å². The molecule has 0 aliphatic rings. The van der Waals surface area contributed by atoms with Crippen LogP contribution in [-0.4, -0.2) is 14.3 Å². The number of carbonyl (C=O) groups excluding carboxylic acids is 1. The molecule has 0 aliphatic carbocycles. The Labute approximate surface area is 149 Å². The van der Waals surface area contributed by atoms with Gasteiger partial charge in [0.25, 0.3) is 10.0 Å². The highest BCUT2D eigenvalue weighted by atomic mass is 35.5. The number of hydrogen-bond acceptors (Lipinski definition) is 4. The minimum Gasteiger partial charge on any atom is -0.325 e. The van der Waals surface area contributed by atoms with E-state index in [0.29, 0.717) is 10.6 Å². The molecule has 0 atom stereocenters. The first kappa shape index (κ1) is 17.9. The van der Waals surface area contributed by atoms with Gasteiger partial charge in [0.2, 0.25) is 5.91 Å². The molecule has 1 amide bonds. The minimum absolute atomic E-state index is 0.0207. The van der Waals surface area contributed by atoms with E-state index < -0.39 is 10.0 Å². The SMILES string of the molecule is CC(=O)Nc1ccc(S(=O)(=O)Nc2cccc(Cl)c2Cl)cc1S. The Balaban J connectivity index is 2.35. The predicted molar refractivity (Wildman–Crippen MR) is 95.3 cm³/mol. The summed E-state index contributed by atoms with van der Waals surface area (Å²) in [5.41, 5.74) is 0.589. The van der Waals surface area contributed by atoms with Crippen molar-refractivity contribution < 1.29 is 13.2 Å². The Kier molecular flexibility index (Phi) is 5.46. The normalized spacial score (nSPS) is 11.1. The monoisotopic (exact) mass is 390 g/mol. The van der Waals surface area contributed by atoms with Crippen molar-refractivity contribution in [2.45, 2.75) is 16.7 Å². The Morgan fingerprint density at radius 1 is 1.13 bits per heavy atom. The largest absolute Gasteiger partial charge is 0.325 e. The summed E-state index contributed by atoms with van der Waals surface area (Å²) in [5, 5.41) is 2.90. The molecule has 0 spiro atoms. The molecule has 2 aromatic rings. The summed E-state index contributed by atoms with van der Waals surface area (Å²) in [6, 6.07) is 8.77. The quantitative estimate of drug-likeness (QED) is 0.689. The average Bonchev–Trinajstić information content (AvgIpc) is 2.45. The van der Waals surface area contributed by atoms with Gasteiger partial charge in [0.1, 0.15) is 0 Å². The highest BCUT2D eigenvalue weighted by Crippen LogP contribution is 2.32. The second-order valence-corrected chi connectivity index (χ2v) is 7.52. The maximum atomic E-state index is 12.4. The Morgan fingerprint density at radius 2 is 1.83 bits per heavy atom. The van der Waals surface area contributed by atoms with Crippen LogP contribution in [0.2, 0.25) is 10.0 Å². The molecule has 0 radical (unpaired) electrons. The lowest BCUT2D eigenvalue weighted by molar-refractivity contribution is -0.114. The van der Waals surface area contributed by atoms with E-state index in [-0.39, 0.29) is 26.5 Å². The maximum Gasteiger partial charge on any atom is 0.261 e. The van der Waals surface area contributed by atoms with Crippen LogP contribution in [0, 0.1) is 0 Å². The molecule has 2 aromatic carbocycles. The van der Waals surface area contributed by atoms with Crippen LogP contribution >= 0.6 is 35.8 Å². The van der Waals surface area contributed by atoms with E-state index >= 15 is 0 Å². The fourth-order valence-corrected chi connectivity index (χ4v) is 3.62. The average molecular weight is 391 g/mol. The number of anilines is 2. The van der Waals surface area contributed by atoms with Crippen LogP contribution in [-0.2, 0) is 14.8 Å². The lowest BCUT2D eigenvalue weighted by Gasteiger charge is -2.12. The predicted octanol–water partition coefficient (Wildman–Crippen LogP) is 4.04. The molecule has 0 aliphatic heterocycles. The third-order valence-corrected chi connectivity index (χ3v) is 5.34. The summed E-state index contributed by atoms with van der Waals surface area (Å²) >= 11 is 16.0. The van der Waals surface area contributed by atoms with Gasteiger partial charge in [-0.2, -0.15) is 0 Å². The van der Waals surface area contributed by atoms with Gasteiger partial charge in [0.15, 0.2) is 0 Å². The van der Waals surface area contributed by atoms with Crippen LogP contribution in [0.25, 0.3) is 0 Å². The number of nitrogens with one attached hydrogen (secondary N) is 2. The Bertz CT molecular complexity index is 870. The molecular weight excluding hydrogens is 379 g/mol. The number of rotatable bonds is 4. The van der Waals surface area contributed by atoms with Crippen LogP contribution in [0.5, 0.6) is 0 Å². The molecule has 0 saturated carbocycles. The molecule has 9 heteroatoms. The van der Waals surface area contributed by atoms with Gasteiger partial charge in [-0.05, 0) is 30.3 Å². The molecule has 0 bridgehead atoms. The molecular formula is C14H12Cl2N2O3S2. The van der Waals surface area contributed by atoms with Gasteiger partial charge in [-0.1, -0.05) is 29.3 Å². The molecule has 2 N–H and O–H groups in total. The van der Waals surface area contributed by atoms with E-state index in [0.717, 1.165) is 0 Å². The highest BCUT2D eigenvalue weighted by Gasteiger charge is 2.18. The van der Waals surface area contributed by atoms with Gasteiger partial charge in [-0.25, -0.2) is 8.42 Å². The van der Waals surface area contributed by atoms with Crippen molar-refractivity contribution >= 4 is 63.1 Å². The van der Waals surface area contributed by atoms with E-state index in [1.807, 2.05) is 0 Å². The van der Waals surface area contributed by atoms with Crippen molar-refractivity contribution in [1.82, 2.24) is 0 Å². The Morgan fingerprint density at radius 3 is 2.43 bits per heavy atom. The Hall–Kier alpha value is -1.41. The molecule has 0 saturated heterocycles. The minimum atomic E-state index is -3.88. The van der Waals surface area contributed by atoms with Crippen molar-refractivity contribution in [3.05, 3.63) is 46.4 Å². The van der Waals surface area contributed by atoms with Crippen molar-refractivity contribution in [2.24, 2.45) is 0 Å². The standard InChI is InChI=1S/C14H12Cl2N2O3S2/c1-8(19)17-11-6-5-9(7-13(11)22)23(20,21)18-12-4-2-3-10(15)14(12)16/h2-7,18,22H,1H3,(H,17,19). The summed E-state index contributed by atoms with van der Waals surface area (Å²) in [7, 11) is -3.88. The van der Waals surface area contributed by atoms with E-state index in [1.54, 1.807) is 12.1 Å². The van der Waals surface area contributed by atoms with Crippen molar-refractivity contribution in [3.8, 4) is 0 Å². The number of amides is 1. The third-order valence-electron chi connectivity index (χ3n) is 2.79. The zero-order valence-corrected chi connectivity index (χ0v) is 15.0. The number of thiol groups is 1. The first-order valence-corrected chi connectivity index (χ1v) is 8.97. The van der Waals surface area contributed by atoms with Crippen molar-refractivity contribution in [1.29, 1.82) is 0 Å².